The van der Waals surface area contributed by atoms with Gasteiger partial charge in [0.15, 0.2) is 0 Å². The molecule has 1 aromatic heterocycles. The van der Waals surface area contributed by atoms with Gasteiger partial charge in [-0.1, -0.05) is 13.8 Å². The van der Waals surface area contributed by atoms with E-state index < -0.39 is 5.82 Å². The first-order chi connectivity index (χ1) is 8.58. The minimum Gasteiger partial charge on any atom is -0.369 e. The lowest BCUT2D eigenvalue weighted by Gasteiger charge is -2.14. The van der Waals surface area contributed by atoms with Gasteiger partial charge in [0.1, 0.15) is 11.6 Å². The van der Waals surface area contributed by atoms with E-state index in [2.05, 4.69) is 15.6 Å². The van der Waals surface area contributed by atoms with E-state index in [0.717, 1.165) is 19.0 Å². The van der Waals surface area contributed by atoms with Crippen LogP contribution < -0.4 is 10.6 Å². The number of rotatable bonds is 6. The molecule has 0 saturated carbocycles. The van der Waals surface area contributed by atoms with Crippen molar-refractivity contribution in [3.63, 3.8) is 0 Å². The van der Waals surface area contributed by atoms with Crippen molar-refractivity contribution in [2.24, 2.45) is 0 Å². The van der Waals surface area contributed by atoms with Gasteiger partial charge in [-0.2, -0.15) is 0 Å². The van der Waals surface area contributed by atoms with Gasteiger partial charge in [0.2, 0.25) is 0 Å². The maximum absolute atomic E-state index is 13.2. The van der Waals surface area contributed by atoms with Crippen molar-refractivity contribution in [3.05, 3.63) is 23.6 Å². The number of carbonyl (C=O) groups is 1. The zero-order chi connectivity index (χ0) is 13.5. The van der Waals surface area contributed by atoms with E-state index in [9.17, 15) is 9.18 Å². The van der Waals surface area contributed by atoms with Crippen LogP contribution in [0.4, 0.5) is 10.2 Å². The predicted octanol–water partition coefficient (Wildman–Crippen LogP) is 2.57. The number of anilines is 1. The molecule has 0 aliphatic carbocycles. The second kappa shape index (κ2) is 6.93. The SMILES string of the molecule is CCCNc1ncc(F)cc1C(=O)NC(C)CC. The van der Waals surface area contributed by atoms with E-state index in [1.807, 2.05) is 20.8 Å². The summed E-state index contributed by atoms with van der Waals surface area (Å²) >= 11 is 0. The molecule has 2 N–H and O–H groups in total. The number of pyridine rings is 1. The van der Waals surface area contributed by atoms with Crippen LogP contribution in [-0.4, -0.2) is 23.5 Å². The summed E-state index contributed by atoms with van der Waals surface area (Å²) in [4.78, 5) is 15.9. The van der Waals surface area contributed by atoms with Crippen molar-refractivity contribution in [2.45, 2.75) is 39.7 Å². The summed E-state index contributed by atoms with van der Waals surface area (Å²) < 4.78 is 13.2. The Bertz CT molecular complexity index is 409. The van der Waals surface area contributed by atoms with Crippen molar-refractivity contribution < 1.29 is 9.18 Å². The van der Waals surface area contributed by atoms with Crippen LogP contribution in [0.25, 0.3) is 0 Å². The topological polar surface area (TPSA) is 54.0 Å². The first kappa shape index (κ1) is 14.4. The summed E-state index contributed by atoms with van der Waals surface area (Å²) in [6.45, 7) is 6.59. The summed E-state index contributed by atoms with van der Waals surface area (Å²) in [5.74, 6) is -0.375. The minimum absolute atomic E-state index is 0.0554. The Morgan fingerprint density at radius 3 is 2.83 bits per heavy atom. The first-order valence-electron chi connectivity index (χ1n) is 6.28. The highest BCUT2D eigenvalue weighted by Crippen LogP contribution is 2.14. The largest absolute Gasteiger partial charge is 0.369 e. The summed E-state index contributed by atoms with van der Waals surface area (Å²) in [5, 5.41) is 5.83. The predicted molar refractivity (Wildman–Crippen MR) is 70.2 cm³/mol. The molecule has 1 rings (SSSR count). The number of hydrogen-bond acceptors (Lipinski definition) is 3. The van der Waals surface area contributed by atoms with Crippen LogP contribution in [-0.2, 0) is 0 Å². The van der Waals surface area contributed by atoms with Gasteiger partial charge >= 0.3 is 0 Å². The quantitative estimate of drug-likeness (QED) is 0.819. The van der Waals surface area contributed by atoms with Gasteiger partial charge in [-0.15, -0.1) is 0 Å². The number of nitrogens with one attached hydrogen (secondary N) is 2. The molecule has 0 radical (unpaired) electrons. The van der Waals surface area contributed by atoms with E-state index in [1.54, 1.807) is 0 Å². The second-order valence-corrected chi connectivity index (χ2v) is 4.26. The zero-order valence-electron chi connectivity index (χ0n) is 11.1. The van der Waals surface area contributed by atoms with Gasteiger partial charge in [-0.05, 0) is 25.8 Å². The van der Waals surface area contributed by atoms with Crippen LogP contribution >= 0.6 is 0 Å². The van der Waals surface area contributed by atoms with E-state index in [0.29, 0.717) is 12.4 Å². The van der Waals surface area contributed by atoms with E-state index in [-0.39, 0.29) is 17.5 Å². The third-order valence-corrected chi connectivity index (χ3v) is 2.63. The fraction of sp³-hybridized carbons (Fsp3) is 0.538. The molecule has 0 bridgehead atoms. The molecule has 1 aromatic rings. The van der Waals surface area contributed by atoms with E-state index in [1.165, 1.54) is 6.07 Å². The molecular weight excluding hydrogens is 233 g/mol. The second-order valence-electron chi connectivity index (χ2n) is 4.26. The highest BCUT2D eigenvalue weighted by Gasteiger charge is 2.15. The molecule has 1 amide bonds. The molecule has 1 heterocycles. The molecule has 1 unspecified atom stereocenters. The molecule has 5 heteroatoms. The average Bonchev–Trinajstić information content (AvgIpc) is 2.36. The van der Waals surface area contributed by atoms with Crippen LogP contribution in [0.2, 0.25) is 0 Å². The fourth-order valence-corrected chi connectivity index (χ4v) is 1.40. The lowest BCUT2D eigenvalue weighted by atomic mass is 10.2. The van der Waals surface area contributed by atoms with Crippen LogP contribution in [0.3, 0.4) is 0 Å². The third-order valence-electron chi connectivity index (χ3n) is 2.63. The number of hydrogen-bond donors (Lipinski definition) is 2. The van der Waals surface area contributed by atoms with Crippen LogP contribution in [0.15, 0.2) is 12.3 Å². The Balaban J connectivity index is 2.90. The van der Waals surface area contributed by atoms with Gasteiger partial charge in [0.05, 0.1) is 11.8 Å². The molecule has 18 heavy (non-hydrogen) atoms. The summed E-state index contributed by atoms with van der Waals surface area (Å²) in [5.41, 5.74) is 0.253. The Hall–Kier alpha value is -1.65. The monoisotopic (exact) mass is 253 g/mol. The summed E-state index contributed by atoms with van der Waals surface area (Å²) in [7, 11) is 0. The highest BCUT2D eigenvalue weighted by atomic mass is 19.1. The van der Waals surface area contributed by atoms with Crippen molar-refractivity contribution >= 4 is 11.7 Å². The molecule has 1 atom stereocenters. The minimum atomic E-state index is -0.508. The Morgan fingerprint density at radius 2 is 2.22 bits per heavy atom. The number of aromatic nitrogens is 1. The van der Waals surface area contributed by atoms with E-state index in [4.69, 9.17) is 0 Å². The number of carbonyl (C=O) groups excluding carboxylic acids is 1. The average molecular weight is 253 g/mol. The van der Waals surface area contributed by atoms with Crippen LogP contribution in [0.1, 0.15) is 44.0 Å². The highest BCUT2D eigenvalue weighted by molar-refractivity contribution is 5.98. The Morgan fingerprint density at radius 1 is 1.50 bits per heavy atom. The summed E-state index contributed by atoms with van der Waals surface area (Å²) in [6.07, 6.45) is 2.84. The number of amides is 1. The molecule has 4 nitrogen and oxygen atoms in total. The standard InChI is InChI=1S/C13H20FN3O/c1-4-6-15-12-11(7-10(14)8-16-12)13(18)17-9(3)5-2/h7-9H,4-6H2,1-3H3,(H,15,16)(H,17,18). The lowest BCUT2D eigenvalue weighted by molar-refractivity contribution is 0.0939. The molecule has 0 aromatic carbocycles. The van der Waals surface area contributed by atoms with Crippen molar-refractivity contribution in [2.75, 3.05) is 11.9 Å². The molecule has 0 aliphatic heterocycles. The van der Waals surface area contributed by atoms with Gasteiger partial charge in [-0.25, -0.2) is 9.37 Å². The van der Waals surface area contributed by atoms with Crippen molar-refractivity contribution in [1.82, 2.24) is 10.3 Å². The molecule has 100 valence electrons. The number of halogens is 1. The van der Waals surface area contributed by atoms with Gasteiger partial charge < -0.3 is 10.6 Å². The molecule has 0 fully saturated rings. The lowest BCUT2D eigenvalue weighted by Crippen LogP contribution is -2.32. The van der Waals surface area contributed by atoms with Gasteiger partial charge in [-0.3, -0.25) is 4.79 Å². The van der Waals surface area contributed by atoms with Crippen molar-refractivity contribution in [3.8, 4) is 0 Å². The Kier molecular flexibility index (Phi) is 5.55. The van der Waals surface area contributed by atoms with E-state index >= 15 is 0 Å². The van der Waals surface area contributed by atoms with Crippen LogP contribution in [0, 0.1) is 5.82 Å². The Labute approximate surface area is 107 Å². The summed E-state index contributed by atoms with van der Waals surface area (Å²) in [6, 6.07) is 1.27. The van der Waals surface area contributed by atoms with Crippen molar-refractivity contribution in [1.29, 1.82) is 0 Å². The maximum Gasteiger partial charge on any atom is 0.255 e. The van der Waals surface area contributed by atoms with Gasteiger partial charge in [0.25, 0.3) is 5.91 Å². The third kappa shape index (κ3) is 3.98. The number of nitrogens with zero attached hydrogens (tertiary/aromatic N) is 1. The maximum atomic E-state index is 13.2. The normalized spacial score (nSPS) is 12.0. The smallest absolute Gasteiger partial charge is 0.255 e. The molecule has 0 spiro atoms. The van der Waals surface area contributed by atoms with Gasteiger partial charge in [0, 0.05) is 12.6 Å². The first-order valence-corrected chi connectivity index (χ1v) is 6.28. The van der Waals surface area contributed by atoms with Crippen LogP contribution in [0.5, 0.6) is 0 Å². The molecule has 0 saturated heterocycles. The fourth-order valence-electron chi connectivity index (χ4n) is 1.40. The molecule has 0 aliphatic rings. The molecular formula is C13H20FN3O. The zero-order valence-corrected chi connectivity index (χ0v) is 11.1.